The number of aromatic nitrogens is 1. The zero-order valence-corrected chi connectivity index (χ0v) is 14.5. The lowest BCUT2D eigenvalue weighted by molar-refractivity contribution is -0.144. The summed E-state index contributed by atoms with van der Waals surface area (Å²) in [5, 5.41) is 1.16. The van der Waals surface area contributed by atoms with Crippen LogP contribution in [-0.2, 0) is 25.5 Å². The molecule has 1 aromatic carbocycles. The van der Waals surface area contributed by atoms with Crippen LogP contribution in [0.5, 0.6) is 0 Å². The fourth-order valence-electron chi connectivity index (χ4n) is 3.19. The molecule has 0 unspecified atom stereocenters. The molecule has 2 aromatic rings. The standard InChI is InChI=1S/C19H22N2O4/c1-3-25-18(22)9-11-21-10-8-14-13-6-4-5-7-15(13)20-16(14)12-17(21)19(23)24-2/h4-7,12,20H,3,8-11H2,1-2H3. The Hall–Kier alpha value is -2.76. The molecule has 0 radical (unpaired) electrons. The number of benzene rings is 1. The highest BCUT2D eigenvalue weighted by atomic mass is 16.5. The van der Waals surface area contributed by atoms with Crippen LogP contribution in [0.2, 0.25) is 0 Å². The van der Waals surface area contributed by atoms with Gasteiger partial charge in [-0.1, -0.05) is 18.2 Å². The fourth-order valence-corrected chi connectivity index (χ4v) is 3.19. The minimum absolute atomic E-state index is 0.233. The molecule has 6 heteroatoms. The SMILES string of the molecule is CCOC(=O)CCN1CCc2c([nH]c3ccccc23)C=C1C(=O)OC. The number of hydrogen-bond acceptors (Lipinski definition) is 5. The van der Waals surface area contributed by atoms with Crippen LogP contribution in [0.15, 0.2) is 30.0 Å². The highest BCUT2D eigenvalue weighted by molar-refractivity contribution is 5.95. The number of H-pyrrole nitrogens is 1. The average molecular weight is 342 g/mol. The van der Waals surface area contributed by atoms with Crippen molar-refractivity contribution in [1.29, 1.82) is 0 Å². The van der Waals surface area contributed by atoms with Crippen molar-refractivity contribution in [2.24, 2.45) is 0 Å². The highest BCUT2D eigenvalue weighted by Gasteiger charge is 2.24. The Morgan fingerprint density at radius 2 is 2.08 bits per heavy atom. The van der Waals surface area contributed by atoms with E-state index in [1.54, 1.807) is 6.92 Å². The molecule has 1 aliphatic rings. The number of fused-ring (bicyclic) bond motifs is 3. The monoisotopic (exact) mass is 342 g/mol. The van der Waals surface area contributed by atoms with Crippen molar-refractivity contribution < 1.29 is 19.1 Å². The zero-order chi connectivity index (χ0) is 17.8. The molecule has 0 saturated carbocycles. The average Bonchev–Trinajstić information content (AvgIpc) is 2.87. The van der Waals surface area contributed by atoms with Crippen LogP contribution in [0.3, 0.4) is 0 Å². The maximum absolute atomic E-state index is 12.3. The van der Waals surface area contributed by atoms with Crippen molar-refractivity contribution in [2.75, 3.05) is 26.8 Å². The van der Waals surface area contributed by atoms with E-state index in [1.807, 2.05) is 29.2 Å². The van der Waals surface area contributed by atoms with E-state index >= 15 is 0 Å². The number of hydrogen-bond donors (Lipinski definition) is 1. The second-order valence-electron chi connectivity index (χ2n) is 5.88. The second-order valence-corrected chi connectivity index (χ2v) is 5.88. The normalized spacial score (nSPS) is 13.8. The molecular formula is C19H22N2O4. The Morgan fingerprint density at radius 1 is 1.28 bits per heavy atom. The van der Waals surface area contributed by atoms with Gasteiger partial charge in [-0.2, -0.15) is 0 Å². The Morgan fingerprint density at radius 3 is 2.84 bits per heavy atom. The van der Waals surface area contributed by atoms with Gasteiger partial charge in [-0.25, -0.2) is 4.79 Å². The number of esters is 2. The van der Waals surface area contributed by atoms with E-state index in [1.165, 1.54) is 12.7 Å². The van der Waals surface area contributed by atoms with Gasteiger partial charge in [0.1, 0.15) is 5.70 Å². The predicted molar refractivity (Wildman–Crippen MR) is 94.8 cm³/mol. The highest BCUT2D eigenvalue weighted by Crippen LogP contribution is 2.28. The molecule has 0 amide bonds. The number of rotatable bonds is 5. The van der Waals surface area contributed by atoms with Gasteiger partial charge in [0.15, 0.2) is 0 Å². The third kappa shape index (κ3) is 3.52. The molecule has 0 atom stereocenters. The van der Waals surface area contributed by atoms with Crippen molar-refractivity contribution in [3.05, 3.63) is 41.2 Å². The molecule has 0 fully saturated rings. The molecule has 25 heavy (non-hydrogen) atoms. The van der Waals surface area contributed by atoms with Crippen LogP contribution in [-0.4, -0.2) is 48.6 Å². The number of nitrogens with one attached hydrogen (secondary N) is 1. The van der Waals surface area contributed by atoms with Gasteiger partial charge in [0, 0.05) is 29.7 Å². The lowest BCUT2D eigenvalue weighted by Gasteiger charge is -2.24. The first-order valence-corrected chi connectivity index (χ1v) is 8.44. The summed E-state index contributed by atoms with van der Waals surface area (Å²) in [6.07, 6.45) is 2.83. The summed E-state index contributed by atoms with van der Waals surface area (Å²) in [5.74, 6) is -0.671. The van der Waals surface area contributed by atoms with Crippen molar-refractivity contribution in [3.8, 4) is 0 Å². The van der Waals surface area contributed by atoms with Crippen molar-refractivity contribution >= 4 is 28.9 Å². The maximum atomic E-state index is 12.3. The number of para-hydroxylation sites is 1. The minimum Gasteiger partial charge on any atom is -0.466 e. The molecule has 3 rings (SSSR count). The van der Waals surface area contributed by atoms with Gasteiger partial charge in [-0.05, 0) is 31.1 Å². The van der Waals surface area contributed by atoms with Gasteiger partial charge in [0.05, 0.1) is 20.1 Å². The van der Waals surface area contributed by atoms with Crippen LogP contribution in [0.4, 0.5) is 0 Å². The molecule has 1 aliphatic heterocycles. The molecule has 2 heterocycles. The van der Waals surface area contributed by atoms with Crippen molar-refractivity contribution in [1.82, 2.24) is 9.88 Å². The van der Waals surface area contributed by atoms with Gasteiger partial charge in [0.25, 0.3) is 0 Å². The Balaban J connectivity index is 1.91. The van der Waals surface area contributed by atoms with Gasteiger partial charge in [-0.3, -0.25) is 4.79 Å². The van der Waals surface area contributed by atoms with Crippen molar-refractivity contribution in [3.63, 3.8) is 0 Å². The molecule has 6 nitrogen and oxygen atoms in total. The molecule has 0 bridgehead atoms. The minimum atomic E-state index is -0.407. The molecule has 132 valence electrons. The van der Waals surface area contributed by atoms with Gasteiger partial charge < -0.3 is 19.4 Å². The number of aromatic amines is 1. The molecule has 1 N–H and O–H groups in total. The summed E-state index contributed by atoms with van der Waals surface area (Å²) in [4.78, 5) is 29.2. The number of ether oxygens (including phenoxy) is 2. The lowest BCUT2D eigenvalue weighted by Crippen LogP contribution is -2.31. The number of nitrogens with zero attached hydrogens (tertiary/aromatic N) is 1. The fraction of sp³-hybridized carbons (Fsp3) is 0.368. The number of methoxy groups -OCH3 is 1. The summed E-state index contributed by atoms with van der Waals surface area (Å²) < 4.78 is 9.92. The van der Waals surface area contributed by atoms with Crippen LogP contribution in [0, 0.1) is 0 Å². The largest absolute Gasteiger partial charge is 0.466 e. The third-order valence-corrected chi connectivity index (χ3v) is 4.39. The second kappa shape index (κ2) is 7.42. The lowest BCUT2D eigenvalue weighted by atomic mass is 10.1. The van der Waals surface area contributed by atoms with Crippen LogP contribution >= 0.6 is 0 Å². The van der Waals surface area contributed by atoms with E-state index < -0.39 is 5.97 Å². The Bertz CT molecular complexity index is 822. The summed E-state index contributed by atoms with van der Waals surface area (Å²) in [6, 6.07) is 8.08. The quantitative estimate of drug-likeness (QED) is 0.845. The topological polar surface area (TPSA) is 71.6 Å². The van der Waals surface area contributed by atoms with Crippen LogP contribution in [0.25, 0.3) is 17.0 Å². The van der Waals surface area contributed by atoms with E-state index in [4.69, 9.17) is 9.47 Å². The van der Waals surface area contributed by atoms with Gasteiger partial charge >= 0.3 is 11.9 Å². The van der Waals surface area contributed by atoms with Crippen LogP contribution in [0.1, 0.15) is 24.6 Å². The van der Waals surface area contributed by atoms with E-state index in [0.29, 0.717) is 25.4 Å². The van der Waals surface area contributed by atoms with E-state index in [2.05, 4.69) is 11.1 Å². The Kier molecular flexibility index (Phi) is 5.07. The third-order valence-electron chi connectivity index (χ3n) is 4.39. The van der Waals surface area contributed by atoms with E-state index in [9.17, 15) is 9.59 Å². The molecule has 0 spiro atoms. The molecular weight excluding hydrogens is 320 g/mol. The molecule has 1 aromatic heterocycles. The zero-order valence-electron chi connectivity index (χ0n) is 14.5. The number of carbonyl (C=O) groups excluding carboxylic acids is 2. The number of carbonyl (C=O) groups is 2. The molecule has 0 saturated heterocycles. The van der Waals surface area contributed by atoms with E-state index in [-0.39, 0.29) is 12.4 Å². The van der Waals surface area contributed by atoms with E-state index in [0.717, 1.165) is 23.0 Å². The first-order valence-electron chi connectivity index (χ1n) is 8.44. The first kappa shape index (κ1) is 17.1. The van der Waals surface area contributed by atoms with Gasteiger partial charge in [-0.15, -0.1) is 0 Å². The molecule has 0 aliphatic carbocycles. The predicted octanol–water partition coefficient (Wildman–Crippen LogP) is 2.49. The van der Waals surface area contributed by atoms with Crippen LogP contribution < -0.4 is 0 Å². The maximum Gasteiger partial charge on any atom is 0.354 e. The summed E-state index contributed by atoms with van der Waals surface area (Å²) in [6.45, 7) is 3.19. The van der Waals surface area contributed by atoms with Crippen molar-refractivity contribution in [2.45, 2.75) is 19.8 Å². The smallest absolute Gasteiger partial charge is 0.354 e. The summed E-state index contributed by atoms with van der Waals surface area (Å²) in [7, 11) is 1.36. The first-order chi connectivity index (χ1) is 12.1. The Labute approximate surface area is 146 Å². The summed E-state index contributed by atoms with van der Waals surface area (Å²) in [5.41, 5.74) is 3.60. The van der Waals surface area contributed by atoms with Gasteiger partial charge in [0.2, 0.25) is 0 Å². The summed E-state index contributed by atoms with van der Waals surface area (Å²) >= 11 is 0.